The second-order valence-corrected chi connectivity index (χ2v) is 6.76. The Hall–Kier alpha value is -3.22. The van der Waals surface area contributed by atoms with Crippen molar-refractivity contribution in [2.45, 2.75) is 25.3 Å². The van der Waals surface area contributed by atoms with Gasteiger partial charge in [0, 0.05) is 19.0 Å². The van der Waals surface area contributed by atoms with E-state index in [1.165, 1.54) is 0 Å². The largest absolute Gasteiger partial charge is 0.495 e. The van der Waals surface area contributed by atoms with E-state index >= 15 is 0 Å². The van der Waals surface area contributed by atoms with Crippen molar-refractivity contribution >= 4 is 17.5 Å². The summed E-state index contributed by atoms with van der Waals surface area (Å²) in [6, 6.07) is 14.6. The van der Waals surface area contributed by atoms with Crippen molar-refractivity contribution in [3.63, 3.8) is 0 Å². The Kier molecular flexibility index (Phi) is 6.94. The summed E-state index contributed by atoms with van der Waals surface area (Å²) in [4.78, 5) is 26.8. The van der Waals surface area contributed by atoms with Crippen LogP contribution in [0.3, 0.4) is 0 Å². The summed E-state index contributed by atoms with van der Waals surface area (Å²) in [5.74, 6) is 1.39. The topological polar surface area (TPSA) is 77.1 Å². The number of methoxy groups -OCH3 is 2. The molecule has 0 radical (unpaired) electrons. The Bertz CT molecular complexity index is 851. The van der Waals surface area contributed by atoms with Crippen LogP contribution in [0.15, 0.2) is 48.5 Å². The number of hydrogen-bond acceptors (Lipinski definition) is 5. The summed E-state index contributed by atoms with van der Waals surface area (Å²) in [7, 11) is 3.11. The first-order chi connectivity index (χ1) is 14.1. The number of nitrogens with one attached hydrogen (secondary N) is 1. The fraction of sp³-hybridized carbons (Fsp3) is 0.364. The smallest absolute Gasteiger partial charge is 0.260 e. The molecule has 154 valence electrons. The third-order valence-corrected chi connectivity index (χ3v) is 4.69. The molecule has 2 aromatic rings. The number of amides is 2. The van der Waals surface area contributed by atoms with Crippen molar-refractivity contribution in [3.8, 4) is 17.2 Å². The van der Waals surface area contributed by atoms with Gasteiger partial charge in [0.2, 0.25) is 5.91 Å². The third-order valence-electron chi connectivity index (χ3n) is 4.69. The summed E-state index contributed by atoms with van der Waals surface area (Å²) in [6.07, 6.45) is 2.11. The molecule has 0 heterocycles. The van der Waals surface area contributed by atoms with Gasteiger partial charge in [-0.25, -0.2) is 0 Å². The number of nitrogens with zero attached hydrogens (tertiary/aromatic N) is 1. The zero-order chi connectivity index (χ0) is 20.6. The lowest BCUT2D eigenvalue weighted by Gasteiger charge is -2.22. The molecule has 1 fully saturated rings. The van der Waals surface area contributed by atoms with Crippen LogP contribution in [-0.4, -0.2) is 50.1 Å². The molecule has 0 saturated heterocycles. The predicted octanol–water partition coefficient (Wildman–Crippen LogP) is 3.10. The molecule has 1 aliphatic rings. The molecular weight excluding hydrogens is 372 g/mol. The number of benzene rings is 2. The van der Waals surface area contributed by atoms with Crippen LogP contribution in [0, 0.1) is 0 Å². The van der Waals surface area contributed by atoms with Gasteiger partial charge < -0.3 is 24.4 Å². The summed E-state index contributed by atoms with van der Waals surface area (Å²) in [6.45, 7) is 0.255. The quantitative estimate of drug-likeness (QED) is 0.665. The summed E-state index contributed by atoms with van der Waals surface area (Å²) < 4.78 is 16.1. The molecule has 2 aromatic carbocycles. The SMILES string of the molecule is COc1ccccc1NC(=O)CCN(C(=O)COc1ccccc1OC)C1CC1. The van der Waals surface area contributed by atoms with Crippen LogP contribution in [0.1, 0.15) is 19.3 Å². The first kappa shape index (κ1) is 20.5. The molecule has 0 atom stereocenters. The molecule has 1 N–H and O–H groups in total. The monoisotopic (exact) mass is 398 g/mol. The Balaban J connectivity index is 1.53. The van der Waals surface area contributed by atoms with Crippen LogP contribution < -0.4 is 19.5 Å². The highest BCUT2D eigenvalue weighted by atomic mass is 16.5. The maximum absolute atomic E-state index is 12.7. The number of hydrogen-bond donors (Lipinski definition) is 1. The molecule has 3 rings (SSSR count). The van der Waals surface area contributed by atoms with Crippen molar-refractivity contribution in [1.82, 2.24) is 4.90 Å². The summed E-state index contributed by atoms with van der Waals surface area (Å²) >= 11 is 0. The van der Waals surface area contributed by atoms with E-state index in [2.05, 4.69) is 5.32 Å². The van der Waals surface area contributed by atoms with Crippen molar-refractivity contribution in [3.05, 3.63) is 48.5 Å². The molecule has 2 amide bonds. The average molecular weight is 398 g/mol. The number of rotatable bonds is 10. The van der Waals surface area contributed by atoms with Crippen molar-refractivity contribution in [1.29, 1.82) is 0 Å². The minimum absolute atomic E-state index is 0.0923. The highest BCUT2D eigenvalue weighted by Crippen LogP contribution is 2.29. The van der Waals surface area contributed by atoms with E-state index < -0.39 is 0 Å². The fourth-order valence-electron chi connectivity index (χ4n) is 3.04. The second-order valence-electron chi connectivity index (χ2n) is 6.76. The highest BCUT2D eigenvalue weighted by Gasteiger charge is 2.32. The molecule has 0 aliphatic heterocycles. The first-order valence-corrected chi connectivity index (χ1v) is 9.60. The summed E-state index contributed by atoms with van der Waals surface area (Å²) in [5, 5.41) is 2.84. The van der Waals surface area contributed by atoms with E-state index in [4.69, 9.17) is 14.2 Å². The molecule has 7 nitrogen and oxygen atoms in total. The van der Waals surface area contributed by atoms with Crippen molar-refractivity contribution in [2.75, 3.05) is 32.7 Å². The van der Waals surface area contributed by atoms with Gasteiger partial charge in [-0.3, -0.25) is 9.59 Å². The van der Waals surface area contributed by atoms with Crippen molar-refractivity contribution < 1.29 is 23.8 Å². The fourth-order valence-corrected chi connectivity index (χ4v) is 3.04. The highest BCUT2D eigenvalue weighted by molar-refractivity contribution is 5.92. The number of anilines is 1. The van der Waals surface area contributed by atoms with Gasteiger partial charge in [0.25, 0.3) is 5.91 Å². The van der Waals surface area contributed by atoms with Crippen LogP contribution in [0.5, 0.6) is 17.2 Å². The standard InChI is InChI=1S/C22H26N2O5/c1-27-18-8-4-3-7-17(18)23-21(25)13-14-24(16-11-12-16)22(26)15-29-20-10-6-5-9-19(20)28-2/h3-10,16H,11-15H2,1-2H3,(H,23,25). The molecule has 29 heavy (non-hydrogen) atoms. The Morgan fingerprint density at radius 2 is 1.59 bits per heavy atom. The van der Waals surface area contributed by atoms with E-state index in [1.807, 2.05) is 24.3 Å². The zero-order valence-corrected chi connectivity index (χ0v) is 16.7. The van der Waals surface area contributed by atoms with Gasteiger partial charge in [0.15, 0.2) is 18.1 Å². The number of carbonyl (C=O) groups is 2. The second kappa shape index (κ2) is 9.82. The van der Waals surface area contributed by atoms with Gasteiger partial charge in [-0.15, -0.1) is 0 Å². The van der Waals surface area contributed by atoms with Gasteiger partial charge >= 0.3 is 0 Å². The lowest BCUT2D eigenvalue weighted by atomic mass is 10.2. The van der Waals surface area contributed by atoms with E-state index in [9.17, 15) is 9.59 Å². The maximum Gasteiger partial charge on any atom is 0.260 e. The summed E-state index contributed by atoms with van der Waals surface area (Å²) in [5.41, 5.74) is 0.615. The zero-order valence-electron chi connectivity index (χ0n) is 16.7. The predicted molar refractivity (Wildman–Crippen MR) is 109 cm³/mol. The van der Waals surface area contributed by atoms with E-state index in [0.29, 0.717) is 29.5 Å². The van der Waals surface area contributed by atoms with Gasteiger partial charge in [-0.05, 0) is 37.1 Å². The Labute approximate surface area is 170 Å². The minimum Gasteiger partial charge on any atom is -0.495 e. The molecule has 0 aromatic heterocycles. The maximum atomic E-state index is 12.7. The molecule has 0 bridgehead atoms. The lowest BCUT2D eigenvalue weighted by molar-refractivity contribution is -0.134. The van der Waals surface area contributed by atoms with Gasteiger partial charge in [0.1, 0.15) is 5.75 Å². The molecular formula is C22H26N2O5. The number of carbonyl (C=O) groups excluding carboxylic acids is 2. The molecule has 1 aliphatic carbocycles. The first-order valence-electron chi connectivity index (χ1n) is 9.60. The lowest BCUT2D eigenvalue weighted by Crippen LogP contribution is -2.38. The van der Waals surface area contributed by atoms with Crippen molar-refractivity contribution in [2.24, 2.45) is 0 Å². The third kappa shape index (κ3) is 5.63. The van der Waals surface area contributed by atoms with Crippen LogP contribution in [-0.2, 0) is 9.59 Å². The van der Waals surface area contributed by atoms with Crippen LogP contribution >= 0.6 is 0 Å². The van der Waals surface area contributed by atoms with Crippen LogP contribution in [0.25, 0.3) is 0 Å². The van der Waals surface area contributed by atoms with E-state index in [0.717, 1.165) is 12.8 Å². The Morgan fingerprint density at radius 1 is 0.966 bits per heavy atom. The van der Waals surface area contributed by atoms with Crippen LogP contribution in [0.4, 0.5) is 5.69 Å². The van der Waals surface area contributed by atoms with Crippen LogP contribution in [0.2, 0.25) is 0 Å². The average Bonchev–Trinajstić information content (AvgIpc) is 3.58. The molecule has 0 spiro atoms. The van der Waals surface area contributed by atoms with Gasteiger partial charge in [-0.2, -0.15) is 0 Å². The molecule has 7 heteroatoms. The normalized spacial score (nSPS) is 12.8. The van der Waals surface area contributed by atoms with Gasteiger partial charge in [0.05, 0.1) is 19.9 Å². The number of ether oxygens (including phenoxy) is 3. The molecule has 0 unspecified atom stereocenters. The number of para-hydroxylation sites is 4. The van der Waals surface area contributed by atoms with E-state index in [-0.39, 0.29) is 30.9 Å². The Morgan fingerprint density at radius 3 is 2.24 bits per heavy atom. The van der Waals surface area contributed by atoms with E-state index in [1.54, 1.807) is 43.4 Å². The minimum atomic E-state index is -0.168. The molecule has 1 saturated carbocycles. The van der Waals surface area contributed by atoms with Gasteiger partial charge in [-0.1, -0.05) is 24.3 Å².